The van der Waals surface area contributed by atoms with Gasteiger partial charge >= 0.3 is 0 Å². The van der Waals surface area contributed by atoms with Gasteiger partial charge in [0.1, 0.15) is 0 Å². The first-order valence-electron chi connectivity index (χ1n) is 4.42. The van der Waals surface area contributed by atoms with Crippen molar-refractivity contribution in [3.63, 3.8) is 0 Å². The van der Waals surface area contributed by atoms with Gasteiger partial charge in [0.2, 0.25) is 0 Å². The van der Waals surface area contributed by atoms with E-state index >= 15 is 0 Å². The average molecular weight is 242 g/mol. The molecule has 1 N–H and O–H groups in total. The number of nitrogens with one attached hydrogen (secondary N) is 1. The van der Waals surface area contributed by atoms with E-state index in [1.54, 1.807) is 0 Å². The van der Waals surface area contributed by atoms with Crippen molar-refractivity contribution in [1.29, 1.82) is 0 Å². The fourth-order valence-electron chi connectivity index (χ4n) is 1.50. The maximum atomic E-state index is 4.15. The average Bonchev–Trinajstić information content (AvgIpc) is 2.19. The van der Waals surface area contributed by atoms with Gasteiger partial charge in [-0.1, -0.05) is 0 Å². The third kappa shape index (κ3) is 2.19. The van der Waals surface area contributed by atoms with Crippen LogP contribution in [0.4, 0.5) is 5.69 Å². The fraction of sp³-hybridized carbons (Fsp3) is 0.444. The molecule has 1 aromatic rings. The van der Waals surface area contributed by atoms with E-state index in [2.05, 4.69) is 37.2 Å². The van der Waals surface area contributed by atoms with Gasteiger partial charge in [0, 0.05) is 36.8 Å². The number of piperazine rings is 1. The maximum absolute atomic E-state index is 4.15. The highest BCUT2D eigenvalue weighted by Crippen LogP contribution is 2.18. The Bertz CT molecular complexity index is 284. The molecule has 1 aliphatic rings. The van der Waals surface area contributed by atoms with Crippen molar-refractivity contribution < 1.29 is 0 Å². The lowest BCUT2D eigenvalue weighted by molar-refractivity contribution is 0.588. The molecule has 2 rings (SSSR count). The van der Waals surface area contributed by atoms with Crippen LogP contribution in [0, 0.1) is 0 Å². The van der Waals surface area contributed by atoms with Gasteiger partial charge in [0.15, 0.2) is 0 Å². The van der Waals surface area contributed by atoms with E-state index in [0.717, 1.165) is 30.7 Å². The van der Waals surface area contributed by atoms with Gasteiger partial charge in [-0.3, -0.25) is 4.98 Å². The van der Waals surface area contributed by atoms with E-state index in [4.69, 9.17) is 0 Å². The van der Waals surface area contributed by atoms with Gasteiger partial charge in [-0.15, -0.1) is 0 Å². The lowest BCUT2D eigenvalue weighted by Gasteiger charge is -2.29. The highest BCUT2D eigenvalue weighted by molar-refractivity contribution is 9.10. The summed E-state index contributed by atoms with van der Waals surface area (Å²) < 4.78 is 1.04. The molecule has 0 aliphatic carbocycles. The Balaban J connectivity index is 2.14. The van der Waals surface area contributed by atoms with E-state index in [1.807, 2.05) is 12.4 Å². The minimum atomic E-state index is 1.04. The Hall–Kier alpha value is -0.610. The zero-order chi connectivity index (χ0) is 9.10. The van der Waals surface area contributed by atoms with Crippen LogP contribution in [0.1, 0.15) is 0 Å². The van der Waals surface area contributed by atoms with Crippen molar-refractivity contribution in [2.24, 2.45) is 0 Å². The molecule has 0 bridgehead atoms. The first-order valence-corrected chi connectivity index (χ1v) is 5.22. The zero-order valence-electron chi connectivity index (χ0n) is 7.33. The molecule has 1 fully saturated rings. The molecule has 13 heavy (non-hydrogen) atoms. The number of hydrogen-bond donors (Lipinski definition) is 1. The van der Waals surface area contributed by atoms with Crippen LogP contribution in [0.15, 0.2) is 22.9 Å². The first kappa shape index (κ1) is 8.97. The Labute approximate surface area is 86.3 Å². The summed E-state index contributed by atoms with van der Waals surface area (Å²) >= 11 is 3.42. The summed E-state index contributed by atoms with van der Waals surface area (Å²) in [5.74, 6) is 0. The number of aromatic nitrogens is 1. The second-order valence-electron chi connectivity index (χ2n) is 3.10. The van der Waals surface area contributed by atoms with Crippen LogP contribution in [0.25, 0.3) is 0 Å². The van der Waals surface area contributed by atoms with Crippen LogP contribution >= 0.6 is 15.9 Å². The normalized spacial score (nSPS) is 17.5. The van der Waals surface area contributed by atoms with Crippen molar-refractivity contribution in [2.75, 3.05) is 31.1 Å². The smallest absolute Gasteiger partial charge is 0.0564 e. The number of hydrogen-bond acceptors (Lipinski definition) is 3. The van der Waals surface area contributed by atoms with Crippen molar-refractivity contribution in [1.82, 2.24) is 10.3 Å². The van der Waals surface area contributed by atoms with Crippen LogP contribution in [0.3, 0.4) is 0 Å². The summed E-state index contributed by atoms with van der Waals surface area (Å²) in [6.45, 7) is 4.26. The molecule has 1 aliphatic heterocycles. The second-order valence-corrected chi connectivity index (χ2v) is 4.01. The summed E-state index contributed by atoms with van der Waals surface area (Å²) in [6, 6.07) is 2.11. The lowest BCUT2D eigenvalue weighted by Crippen LogP contribution is -2.43. The third-order valence-electron chi connectivity index (χ3n) is 2.17. The summed E-state index contributed by atoms with van der Waals surface area (Å²) in [5.41, 5.74) is 1.20. The van der Waals surface area contributed by atoms with Gasteiger partial charge in [-0.05, 0) is 22.0 Å². The van der Waals surface area contributed by atoms with E-state index in [0.29, 0.717) is 0 Å². The molecule has 1 saturated heterocycles. The molecule has 0 aromatic carbocycles. The van der Waals surface area contributed by atoms with E-state index in [-0.39, 0.29) is 0 Å². The highest BCUT2D eigenvalue weighted by atomic mass is 79.9. The highest BCUT2D eigenvalue weighted by Gasteiger charge is 2.10. The standard InChI is InChI=1S/C9H12BrN3/c10-8-5-9(7-12-6-8)13-3-1-11-2-4-13/h5-7,11H,1-4H2. The molecule has 70 valence electrons. The Kier molecular flexibility index (Phi) is 2.80. The largest absolute Gasteiger partial charge is 0.368 e. The summed E-state index contributed by atoms with van der Waals surface area (Å²) in [7, 11) is 0. The van der Waals surface area contributed by atoms with Crippen LogP contribution in [-0.4, -0.2) is 31.2 Å². The molecule has 0 atom stereocenters. The zero-order valence-corrected chi connectivity index (χ0v) is 8.92. The quantitative estimate of drug-likeness (QED) is 0.803. The minimum absolute atomic E-state index is 1.04. The molecule has 0 radical (unpaired) electrons. The SMILES string of the molecule is Brc1cncc(N2CCNCC2)c1. The molecule has 0 unspecified atom stereocenters. The predicted octanol–water partition coefficient (Wildman–Crippen LogP) is 1.25. The van der Waals surface area contributed by atoms with Crippen LogP contribution in [0.5, 0.6) is 0 Å². The summed E-state index contributed by atoms with van der Waals surface area (Å²) in [6.07, 6.45) is 3.72. The molecular weight excluding hydrogens is 230 g/mol. The van der Waals surface area contributed by atoms with Gasteiger partial charge in [0.25, 0.3) is 0 Å². The van der Waals surface area contributed by atoms with E-state index < -0.39 is 0 Å². The predicted molar refractivity (Wildman–Crippen MR) is 57.0 cm³/mol. The van der Waals surface area contributed by atoms with Crippen LogP contribution < -0.4 is 10.2 Å². The molecule has 0 saturated carbocycles. The molecule has 4 heteroatoms. The number of pyridine rings is 1. The fourth-order valence-corrected chi connectivity index (χ4v) is 1.85. The Morgan fingerprint density at radius 2 is 2.08 bits per heavy atom. The van der Waals surface area contributed by atoms with Gasteiger partial charge in [-0.25, -0.2) is 0 Å². The molecule has 0 spiro atoms. The Morgan fingerprint density at radius 3 is 2.77 bits per heavy atom. The molecule has 1 aromatic heterocycles. The summed E-state index contributed by atoms with van der Waals surface area (Å²) in [4.78, 5) is 6.49. The van der Waals surface area contributed by atoms with Crippen molar-refractivity contribution in [3.05, 3.63) is 22.9 Å². The monoisotopic (exact) mass is 241 g/mol. The van der Waals surface area contributed by atoms with Crippen molar-refractivity contribution in [3.8, 4) is 0 Å². The molecule has 3 nitrogen and oxygen atoms in total. The van der Waals surface area contributed by atoms with Gasteiger partial charge in [0.05, 0.1) is 11.9 Å². The number of rotatable bonds is 1. The number of anilines is 1. The van der Waals surface area contributed by atoms with Gasteiger partial charge < -0.3 is 10.2 Å². The Morgan fingerprint density at radius 1 is 1.31 bits per heavy atom. The topological polar surface area (TPSA) is 28.2 Å². The minimum Gasteiger partial charge on any atom is -0.368 e. The van der Waals surface area contributed by atoms with Crippen LogP contribution in [0.2, 0.25) is 0 Å². The van der Waals surface area contributed by atoms with Gasteiger partial charge in [-0.2, -0.15) is 0 Å². The summed E-state index contributed by atoms with van der Waals surface area (Å²) in [5, 5.41) is 3.33. The number of nitrogens with zero attached hydrogens (tertiary/aromatic N) is 2. The van der Waals surface area contributed by atoms with Crippen molar-refractivity contribution in [2.45, 2.75) is 0 Å². The van der Waals surface area contributed by atoms with E-state index in [1.165, 1.54) is 5.69 Å². The van der Waals surface area contributed by atoms with Crippen LogP contribution in [-0.2, 0) is 0 Å². The van der Waals surface area contributed by atoms with E-state index in [9.17, 15) is 0 Å². The first-order chi connectivity index (χ1) is 6.36. The molecule has 2 heterocycles. The second kappa shape index (κ2) is 4.07. The lowest BCUT2D eigenvalue weighted by atomic mass is 10.3. The molecular formula is C9H12BrN3. The number of halogens is 1. The maximum Gasteiger partial charge on any atom is 0.0564 e. The van der Waals surface area contributed by atoms with Crippen molar-refractivity contribution >= 4 is 21.6 Å². The third-order valence-corrected chi connectivity index (χ3v) is 2.61. The molecule has 0 amide bonds.